The predicted molar refractivity (Wildman–Crippen MR) is 113 cm³/mol. The van der Waals surface area contributed by atoms with Gasteiger partial charge in [-0.3, -0.25) is 14.4 Å². The van der Waals surface area contributed by atoms with Crippen LogP contribution in [0.15, 0.2) is 41.8 Å². The van der Waals surface area contributed by atoms with E-state index in [1.165, 1.54) is 10.4 Å². The first-order chi connectivity index (χ1) is 14.1. The molecule has 0 radical (unpaired) electrons. The van der Waals surface area contributed by atoms with Crippen LogP contribution in [0.4, 0.5) is 0 Å². The predicted octanol–water partition coefficient (Wildman–Crippen LogP) is 2.58. The first-order valence-corrected chi connectivity index (χ1v) is 10.9. The molecular weight excluding hydrogens is 386 g/mol. The highest BCUT2D eigenvalue weighted by molar-refractivity contribution is 7.10. The van der Waals surface area contributed by atoms with Gasteiger partial charge in [0.1, 0.15) is 0 Å². The SMILES string of the molecule is CCN(Cc1ccccc1)C(=O)CNC(=O)CCC(=O)N1CCc2sccc2C1. The molecule has 154 valence electrons. The Morgan fingerprint density at radius 2 is 1.93 bits per heavy atom. The molecule has 1 aromatic carbocycles. The Morgan fingerprint density at radius 1 is 1.14 bits per heavy atom. The Hall–Kier alpha value is -2.67. The number of carbonyl (C=O) groups is 3. The number of hydrogen-bond donors (Lipinski definition) is 1. The fourth-order valence-electron chi connectivity index (χ4n) is 3.39. The van der Waals surface area contributed by atoms with E-state index in [-0.39, 0.29) is 37.1 Å². The maximum Gasteiger partial charge on any atom is 0.242 e. The Bertz CT molecular complexity index is 850. The number of rotatable bonds is 8. The minimum absolute atomic E-state index is 0.0115. The number of amides is 3. The molecule has 0 fully saturated rings. The van der Waals surface area contributed by atoms with E-state index in [2.05, 4.69) is 16.8 Å². The Kier molecular flexibility index (Phi) is 7.41. The van der Waals surface area contributed by atoms with E-state index < -0.39 is 0 Å². The molecule has 29 heavy (non-hydrogen) atoms. The molecule has 2 aromatic rings. The van der Waals surface area contributed by atoms with Gasteiger partial charge in [-0.05, 0) is 35.9 Å². The lowest BCUT2D eigenvalue weighted by atomic mass is 10.1. The molecular formula is C22H27N3O3S. The number of thiophene rings is 1. The van der Waals surface area contributed by atoms with Crippen molar-refractivity contribution >= 4 is 29.1 Å². The topological polar surface area (TPSA) is 69.7 Å². The maximum absolute atomic E-state index is 12.4. The van der Waals surface area contributed by atoms with E-state index in [0.717, 1.165) is 12.0 Å². The Balaban J connectivity index is 1.39. The normalized spacial score (nSPS) is 12.9. The van der Waals surface area contributed by atoms with Crippen molar-refractivity contribution in [3.63, 3.8) is 0 Å². The van der Waals surface area contributed by atoms with Gasteiger partial charge < -0.3 is 15.1 Å². The average molecular weight is 414 g/mol. The minimum atomic E-state index is -0.268. The lowest BCUT2D eigenvalue weighted by Crippen LogP contribution is -2.40. The van der Waals surface area contributed by atoms with Crippen molar-refractivity contribution in [2.24, 2.45) is 0 Å². The molecule has 1 aliphatic heterocycles. The summed E-state index contributed by atoms with van der Waals surface area (Å²) in [5.41, 5.74) is 2.26. The third-order valence-corrected chi connectivity index (χ3v) is 6.14. The molecule has 0 aliphatic carbocycles. The molecule has 1 aliphatic rings. The first kappa shape index (κ1) is 21.0. The standard InChI is InChI=1S/C22H27N3O3S/c1-2-24(15-17-6-4-3-5-7-17)22(28)14-23-20(26)8-9-21(27)25-12-10-19-18(16-25)11-13-29-19/h3-7,11,13H,2,8-10,12,14-16H2,1H3,(H,23,26). The van der Waals surface area contributed by atoms with Crippen LogP contribution in [0.3, 0.4) is 0 Å². The largest absolute Gasteiger partial charge is 0.347 e. The Morgan fingerprint density at radius 3 is 2.69 bits per heavy atom. The zero-order valence-corrected chi connectivity index (χ0v) is 17.5. The number of nitrogens with one attached hydrogen (secondary N) is 1. The van der Waals surface area contributed by atoms with Crippen molar-refractivity contribution in [1.29, 1.82) is 0 Å². The molecule has 0 saturated heterocycles. The van der Waals surface area contributed by atoms with Crippen molar-refractivity contribution in [2.75, 3.05) is 19.6 Å². The second kappa shape index (κ2) is 10.2. The molecule has 3 rings (SSSR count). The van der Waals surface area contributed by atoms with E-state index >= 15 is 0 Å². The van der Waals surface area contributed by atoms with Gasteiger partial charge in [0.05, 0.1) is 6.54 Å². The number of carbonyl (C=O) groups excluding carboxylic acids is 3. The number of benzene rings is 1. The lowest BCUT2D eigenvalue weighted by molar-refractivity contribution is -0.135. The van der Waals surface area contributed by atoms with Crippen molar-refractivity contribution in [1.82, 2.24) is 15.1 Å². The summed E-state index contributed by atoms with van der Waals surface area (Å²) >= 11 is 1.73. The van der Waals surface area contributed by atoms with Crippen molar-refractivity contribution in [3.8, 4) is 0 Å². The summed E-state index contributed by atoms with van der Waals surface area (Å²) in [5.74, 6) is -0.407. The van der Waals surface area contributed by atoms with Gasteiger partial charge in [-0.15, -0.1) is 11.3 Å². The molecule has 0 atom stereocenters. The van der Waals surface area contributed by atoms with Crippen LogP contribution < -0.4 is 5.32 Å². The molecule has 3 amide bonds. The van der Waals surface area contributed by atoms with Crippen LogP contribution in [0, 0.1) is 0 Å². The van der Waals surface area contributed by atoms with E-state index in [1.807, 2.05) is 42.2 Å². The van der Waals surface area contributed by atoms with Gasteiger partial charge in [0, 0.05) is 43.9 Å². The highest BCUT2D eigenvalue weighted by Crippen LogP contribution is 2.24. The van der Waals surface area contributed by atoms with Crippen molar-refractivity contribution < 1.29 is 14.4 Å². The van der Waals surface area contributed by atoms with Crippen LogP contribution >= 0.6 is 11.3 Å². The number of likely N-dealkylation sites (N-methyl/N-ethyl adjacent to an activating group) is 1. The van der Waals surface area contributed by atoms with Gasteiger partial charge in [-0.25, -0.2) is 0 Å². The van der Waals surface area contributed by atoms with Gasteiger partial charge in [-0.1, -0.05) is 30.3 Å². The molecule has 1 N–H and O–H groups in total. The third kappa shape index (κ3) is 5.90. The molecule has 0 saturated carbocycles. The monoisotopic (exact) mass is 413 g/mol. The Labute approximate surface area is 175 Å². The smallest absolute Gasteiger partial charge is 0.242 e. The number of nitrogens with zero attached hydrogens (tertiary/aromatic N) is 2. The minimum Gasteiger partial charge on any atom is -0.347 e. The van der Waals surface area contributed by atoms with Crippen LogP contribution in [0.5, 0.6) is 0 Å². The van der Waals surface area contributed by atoms with E-state index in [0.29, 0.717) is 26.2 Å². The highest BCUT2D eigenvalue weighted by atomic mass is 32.1. The first-order valence-electron chi connectivity index (χ1n) is 9.98. The highest BCUT2D eigenvalue weighted by Gasteiger charge is 2.22. The average Bonchev–Trinajstić information content (AvgIpc) is 3.22. The molecule has 0 bridgehead atoms. The summed E-state index contributed by atoms with van der Waals surface area (Å²) in [4.78, 5) is 41.8. The van der Waals surface area contributed by atoms with E-state index in [4.69, 9.17) is 0 Å². The zero-order chi connectivity index (χ0) is 20.6. The third-order valence-electron chi connectivity index (χ3n) is 5.11. The molecule has 6 nitrogen and oxygen atoms in total. The summed E-state index contributed by atoms with van der Waals surface area (Å²) in [5, 5.41) is 4.71. The van der Waals surface area contributed by atoms with Gasteiger partial charge in [0.25, 0.3) is 0 Å². The second-order valence-corrected chi connectivity index (χ2v) is 8.11. The van der Waals surface area contributed by atoms with Crippen LogP contribution in [0.1, 0.15) is 35.8 Å². The van der Waals surface area contributed by atoms with Gasteiger partial charge in [0.15, 0.2) is 0 Å². The van der Waals surface area contributed by atoms with Crippen molar-refractivity contribution in [2.45, 2.75) is 39.3 Å². The zero-order valence-electron chi connectivity index (χ0n) is 16.7. The molecule has 7 heteroatoms. The number of hydrogen-bond acceptors (Lipinski definition) is 4. The van der Waals surface area contributed by atoms with Crippen LogP contribution in [0.25, 0.3) is 0 Å². The van der Waals surface area contributed by atoms with Crippen LogP contribution in [-0.4, -0.2) is 47.2 Å². The fraction of sp³-hybridized carbons (Fsp3) is 0.409. The maximum atomic E-state index is 12.4. The second-order valence-electron chi connectivity index (χ2n) is 7.10. The summed E-state index contributed by atoms with van der Waals surface area (Å²) in [6, 6.07) is 11.8. The summed E-state index contributed by atoms with van der Waals surface area (Å²) in [6.45, 7) is 4.29. The molecule has 0 unspecified atom stereocenters. The van der Waals surface area contributed by atoms with Crippen LogP contribution in [0.2, 0.25) is 0 Å². The molecule has 2 heterocycles. The molecule has 0 spiro atoms. The summed E-state index contributed by atoms with van der Waals surface area (Å²) < 4.78 is 0. The van der Waals surface area contributed by atoms with E-state index in [1.54, 1.807) is 16.2 Å². The lowest BCUT2D eigenvalue weighted by Gasteiger charge is -2.27. The number of fused-ring (bicyclic) bond motifs is 1. The van der Waals surface area contributed by atoms with Gasteiger partial charge >= 0.3 is 0 Å². The van der Waals surface area contributed by atoms with Crippen LogP contribution in [-0.2, 0) is 33.9 Å². The van der Waals surface area contributed by atoms with Crippen molar-refractivity contribution in [3.05, 3.63) is 57.8 Å². The fourth-order valence-corrected chi connectivity index (χ4v) is 4.28. The van der Waals surface area contributed by atoms with E-state index in [9.17, 15) is 14.4 Å². The van der Waals surface area contributed by atoms with Gasteiger partial charge in [-0.2, -0.15) is 0 Å². The quantitative estimate of drug-likeness (QED) is 0.723. The van der Waals surface area contributed by atoms with Gasteiger partial charge in [0.2, 0.25) is 17.7 Å². The molecule has 1 aromatic heterocycles. The summed E-state index contributed by atoms with van der Waals surface area (Å²) in [7, 11) is 0. The summed E-state index contributed by atoms with van der Waals surface area (Å²) in [6.07, 6.45) is 1.15.